The minimum atomic E-state index is -0.145. The molecule has 2 rings (SSSR count). The Morgan fingerprint density at radius 3 is 2.62 bits per heavy atom. The largest absolute Gasteiger partial charge is 0.469 e. The lowest BCUT2D eigenvalue weighted by atomic mass is 10.2. The minimum Gasteiger partial charge on any atom is -0.469 e. The van der Waals surface area contributed by atoms with E-state index < -0.39 is 0 Å². The van der Waals surface area contributed by atoms with Gasteiger partial charge in [0.1, 0.15) is 12.4 Å². The summed E-state index contributed by atoms with van der Waals surface area (Å²) in [5, 5.41) is 0. The zero-order valence-corrected chi connectivity index (χ0v) is 9.77. The van der Waals surface area contributed by atoms with Gasteiger partial charge in [0.05, 0.1) is 13.2 Å². The summed E-state index contributed by atoms with van der Waals surface area (Å²) in [4.78, 5) is 8.20. The van der Waals surface area contributed by atoms with Crippen LogP contribution >= 0.6 is 0 Å². The van der Waals surface area contributed by atoms with Crippen LogP contribution in [-0.4, -0.2) is 35.6 Å². The topological polar surface area (TPSA) is 53.5 Å². The molecule has 1 fully saturated rings. The number of aryl methyl sites for hydroxylation is 1. The molecule has 5 heteroatoms. The number of ether oxygens (including phenoxy) is 3. The number of nitrogens with zero attached hydrogens (tertiary/aromatic N) is 2. The molecule has 1 aliphatic heterocycles. The van der Waals surface area contributed by atoms with Crippen molar-refractivity contribution in [1.29, 1.82) is 0 Å². The fraction of sp³-hybridized carbons (Fsp3) is 0.636. The van der Waals surface area contributed by atoms with E-state index in [-0.39, 0.29) is 12.4 Å². The molecule has 1 saturated heterocycles. The lowest BCUT2D eigenvalue weighted by Crippen LogP contribution is -2.38. The van der Waals surface area contributed by atoms with Gasteiger partial charge in [0.25, 0.3) is 0 Å². The molecule has 0 bridgehead atoms. The Hall–Kier alpha value is -1.20. The predicted octanol–water partition coefficient (Wildman–Crippen LogP) is 1.23. The Labute approximate surface area is 94.8 Å². The van der Waals surface area contributed by atoms with E-state index in [2.05, 4.69) is 9.97 Å². The molecule has 0 spiro atoms. The molecule has 0 N–H and O–H groups in total. The van der Waals surface area contributed by atoms with Gasteiger partial charge in [0.15, 0.2) is 6.29 Å². The van der Waals surface area contributed by atoms with E-state index in [0.717, 1.165) is 11.3 Å². The normalized spacial score (nSPS) is 25.4. The Kier molecular flexibility index (Phi) is 3.36. The van der Waals surface area contributed by atoms with Gasteiger partial charge < -0.3 is 14.2 Å². The summed E-state index contributed by atoms with van der Waals surface area (Å²) >= 11 is 0. The van der Waals surface area contributed by atoms with Crippen molar-refractivity contribution in [2.45, 2.75) is 33.2 Å². The second kappa shape index (κ2) is 4.76. The minimum absolute atomic E-state index is 0.0933. The third-order valence-electron chi connectivity index (χ3n) is 2.60. The highest BCUT2D eigenvalue weighted by Gasteiger charge is 2.21. The van der Waals surface area contributed by atoms with E-state index in [1.54, 1.807) is 0 Å². The quantitative estimate of drug-likeness (QED) is 0.756. The fourth-order valence-electron chi connectivity index (χ4n) is 1.44. The van der Waals surface area contributed by atoms with Crippen molar-refractivity contribution in [1.82, 2.24) is 9.97 Å². The molecule has 2 heterocycles. The van der Waals surface area contributed by atoms with Crippen molar-refractivity contribution in [3.63, 3.8) is 0 Å². The van der Waals surface area contributed by atoms with Crippen LogP contribution in [0.5, 0.6) is 5.88 Å². The summed E-state index contributed by atoms with van der Waals surface area (Å²) in [6.45, 7) is 6.81. The molecule has 0 atom stereocenters. The van der Waals surface area contributed by atoms with E-state index in [1.807, 2.05) is 20.8 Å². The average molecular weight is 224 g/mol. The van der Waals surface area contributed by atoms with Crippen LogP contribution in [0, 0.1) is 13.8 Å². The van der Waals surface area contributed by atoms with Crippen LogP contribution in [0.25, 0.3) is 0 Å². The van der Waals surface area contributed by atoms with Crippen LogP contribution in [0.1, 0.15) is 18.2 Å². The zero-order valence-electron chi connectivity index (χ0n) is 9.77. The van der Waals surface area contributed by atoms with Crippen molar-refractivity contribution in [3.8, 4) is 5.88 Å². The molecule has 16 heavy (non-hydrogen) atoms. The van der Waals surface area contributed by atoms with Crippen molar-refractivity contribution in [2.75, 3.05) is 13.2 Å². The summed E-state index contributed by atoms with van der Waals surface area (Å²) < 4.78 is 16.4. The smallest absolute Gasteiger partial charge is 0.220 e. The van der Waals surface area contributed by atoms with Crippen molar-refractivity contribution >= 4 is 0 Å². The molecule has 5 nitrogen and oxygen atoms in total. The molecule has 0 radical (unpaired) electrons. The maximum atomic E-state index is 5.71. The van der Waals surface area contributed by atoms with Gasteiger partial charge in [-0.3, -0.25) is 0 Å². The maximum absolute atomic E-state index is 5.71. The van der Waals surface area contributed by atoms with E-state index in [0.29, 0.717) is 19.1 Å². The van der Waals surface area contributed by atoms with Crippen LogP contribution < -0.4 is 4.74 Å². The second-order valence-corrected chi connectivity index (χ2v) is 3.86. The van der Waals surface area contributed by atoms with Gasteiger partial charge in [0.2, 0.25) is 5.88 Å². The summed E-state index contributed by atoms with van der Waals surface area (Å²) in [6, 6.07) is 0. The monoisotopic (exact) mass is 224 g/mol. The fourth-order valence-corrected chi connectivity index (χ4v) is 1.44. The van der Waals surface area contributed by atoms with Gasteiger partial charge in [-0.1, -0.05) is 0 Å². The predicted molar refractivity (Wildman–Crippen MR) is 57.3 cm³/mol. The molecule has 1 aliphatic rings. The lowest BCUT2D eigenvalue weighted by molar-refractivity contribution is -0.202. The summed E-state index contributed by atoms with van der Waals surface area (Å²) in [5.74, 6) is 0.610. The Morgan fingerprint density at radius 2 is 1.94 bits per heavy atom. The van der Waals surface area contributed by atoms with Crippen molar-refractivity contribution < 1.29 is 14.2 Å². The molecule has 0 aromatic carbocycles. The number of rotatable bonds is 2. The van der Waals surface area contributed by atoms with Gasteiger partial charge in [0, 0.05) is 11.3 Å². The standard InChI is InChI=1S/C11H16N2O3/c1-7-8(2)12-6-13-11(7)16-10-4-14-9(3)15-5-10/h6,9-10H,4-5H2,1-3H3. The van der Waals surface area contributed by atoms with Crippen molar-refractivity contribution in [2.24, 2.45) is 0 Å². The highest BCUT2D eigenvalue weighted by molar-refractivity contribution is 5.27. The first-order valence-corrected chi connectivity index (χ1v) is 5.35. The molecule has 0 amide bonds. The number of hydrogen-bond donors (Lipinski definition) is 0. The Bertz CT molecular complexity index is 362. The van der Waals surface area contributed by atoms with Crippen LogP contribution in [-0.2, 0) is 9.47 Å². The Morgan fingerprint density at radius 1 is 1.25 bits per heavy atom. The third-order valence-corrected chi connectivity index (χ3v) is 2.60. The first-order valence-electron chi connectivity index (χ1n) is 5.35. The first kappa shape index (κ1) is 11.3. The summed E-state index contributed by atoms with van der Waals surface area (Å²) in [7, 11) is 0. The Balaban J connectivity index is 2.01. The molecule has 1 aromatic heterocycles. The third kappa shape index (κ3) is 2.48. The highest BCUT2D eigenvalue weighted by Crippen LogP contribution is 2.18. The maximum Gasteiger partial charge on any atom is 0.220 e. The number of hydrogen-bond acceptors (Lipinski definition) is 5. The van der Waals surface area contributed by atoms with E-state index >= 15 is 0 Å². The van der Waals surface area contributed by atoms with E-state index in [1.165, 1.54) is 6.33 Å². The zero-order chi connectivity index (χ0) is 11.5. The van der Waals surface area contributed by atoms with Crippen molar-refractivity contribution in [3.05, 3.63) is 17.6 Å². The molecule has 1 aromatic rings. The summed E-state index contributed by atoms with van der Waals surface area (Å²) in [5.41, 5.74) is 1.89. The van der Waals surface area contributed by atoms with Crippen LogP contribution in [0.15, 0.2) is 6.33 Å². The summed E-state index contributed by atoms with van der Waals surface area (Å²) in [6.07, 6.45) is 1.27. The molecule has 0 aliphatic carbocycles. The molecule has 0 unspecified atom stereocenters. The lowest BCUT2D eigenvalue weighted by Gasteiger charge is -2.27. The average Bonchev–Trinajstić information content (AvgIpc) is 2.28. The van der Waals surface area contributed by atoms with Crippen LogP contribution in [0.3, 0.4) is 0 Å². The second-order valence-electron chi connectivity index (χ2n) is 3.86. The van der Waals surface area contributed by atoms with E-state index in [4.69, 9.17) is 14.2 Å². The molecular formula is C11H16N2O3. The molecular weight excluding hydrogens is 208 g/mol. The van der Waals surface area contributed by atoms with Crippen LogP contribution in [0.2, 0.25) is 0 Å². The van der Waals surface area contributed by atoms with Gasteiger partial charge in [-0.2, -0.15) is 0 Å². The first-order chi connectivity index (χ1) is 7.66. The number of aromatic nitrogens is 2. The van der Waals surface area contributed by atoms with E-state index in [9.17, 15) is 0 Å². The van der Waals surface area contributed by atoms with Crippen LogP contribution in [0.4, 0.5) is 0 Å². The molecule has 0 saturated carbocycles. The van der Waals surface area contributed by atoms with Gasteiger partial charge in [-0.05, 0) is 20.8 Å². The van der Waals surface area contributed by atoms with Gasteiger partial charge in [-0.15, -0.1) is 0 Å². The van der Waals surface area contributed by atoms with Gasteiger partial charge in [-0.25, -0.2) is 9.97 Å². The van der Waals surface area contributed by atoms with Gasteiger partial charge >= 0.3 is 0 Å². The highest BCUT2D eigenvalue weighted by atomic mass is 16.7. The SMILES string of the molecule is Cc1ncnc(OC2COC(C)OC2)c1C. The molecule has 88 valence electrons.